The largest absolute Gasteiger partial charge is 0.467 e. The van der Waals surface area contributed by atoms with Crippen molar-refractivity contribution in [1.29, 1.82) is 0 Å². The zero-order valence-electron chi connectivity index (χ0n) is 15.9. The number of esters is 1. The van der Waals surface area contributed by atoms with Gasteiger partial charge in [-0.25, -0.2) is 4.79 Å². The van der Waals surface area contributed by atoms with E-state index in [-0.39, 0.29) is 11.8 Å². The Morgan fingerprint density at radius 1 is 1.18 bits per heavy atom. The molecule has 3 aromatic rings. The van der Waals surface area contributed by atoms with Crippen LogP contribution in [0.15, 0.2) is 54.7 Å². The predicted molar refractivity (Wildman–Crippen MR) is 108 cm³/mol. The summed E-state index contributed by atoms with van der Waals surface area (Å²) in [6, 6.07) is 15.3. The van der Waals surface area contributed by atoms with Gasteiger partial charge >= 0.3 is 5.97 Å². The Balaban J connectivity index is 1.56. The number of nitrogens with one attached hydrogen (secondary N) is 2. The summed E-state index contributed by atoms with van der Waals surface area (Å²) in [7, 11) is 1.35. The first kappa shape index (κ1) is 18.3. The van der Waals surface area contributed by atoms with Crippen LogP contribution in [0.3, 0.4) is 0 Å². The molecule has 0 saturated carbocycles. The number of hydrogen-bond donors (Lipinski definition) is 2. The molecule has 1 amide bonds. The zero-order valence-corrected chi connectivity index (χ0v) is 15.9. The third-order valence-corrected chi connectivity index (χ3v) is 5.59. The molecule has 1 aromatic heterocycles. The molecule has 0 radical (unpaired) electrons. The Hall–Kier alpha value is -3.08. The first-order valence-electron chi connectivity index (χ1n) is 9.68. The molecule has 1 aliphatic rings. The topological polar surface area (TPSA) is 71.2 Å². The number of rotatable bonds is 5. The van der Waals surface area contributed by atoms with Crippen LogP contribution in [-0.2, 0) is 27.2 Å². The number of aromatic nitrogens is 1. The fraction of sp³-hybridized carbons (Fsp3) is 0.304. The van der Waals surface area contributed by atoms with Crippen LogP contribution >= 0.6 is 0 Å². The maximum absolute atomic E-state index is 13.1. The molecule has 2 N–H and O–H groups in total. The van der Waals surface area contributed by atoms with Crippen LogP contribution < -0.4 is 5.32 Å². The van der Waals surface area contributed by atoms with Crippen LogP contribution in [0.4, 0.5) is 0 Å². The lowest BCUT2D eigenvalue weighted by atomic mass is 9.82. The van der Waals surface area contributed by atoms with Gasteiger partial charge in [0, 0.05) is 23.5 Å². The Bertz CT molecular complexity index is 1010. The first-order chi connectivity index (χ1) is 13.7. The maximum atomic E-state index is 13.1. The van der Waals surface area contributed by atoms with Crippen molar-refractivity contribution < 1.29 is 14.3 Å². The molecule has 1 aliphatic carbocycles. The van der Waals surface area contributed by atoms with Gasteiger partial charge in [0.2, 0.25) is 5.91 Å². The van der Waals surface area contributed by atoms with E-state index in [2.05, 4.69) is 16.4 Å². The maximum Gasteiger partial charge on any atom is 0.328 e. The lowest BCUT2D eigenvalue weighted by molar-refractivity contribution is -0.145. The van der Waals surface area contributed by atoms with Crippen molar-refractivity contribution in [2.75, 3.05) is 7.11 Å². The molecule has 1 heterocycles. The minimum atomic E-state index is -0.717. The Morgan fingerprint density at radius 2 is 1.96 bits per heavy atom. The van der Waals surface area contributed by atoms with Gasteiger partial charge in [-0.3, -0.25) is 4.79 Å². The second-order valence-electron chi connectivity index (χ2n) is 7.29. The summed E-state index contributed by atoms with van der Waals surface area (Å²) in [6.45, 7) is 0. The summed E-state index contributed by atoms with van der Waals surface area (Å²) in [5.74, 6) is -0.759. The van der Waals surface area contributed by atoms with E-state index >= 15 is 0 Å². The highest BCUT2D eigenvalue weighted by molar-refractivity contribution is 5.90. The van der Waals surface area contributed by atoms with Crippen molar-refractivity contribution in [1.82, 2.24) is 10.3 Å². The number of fused-ring (bicyclic) bond motifs is 2. The monoisotopic (exact) mass is 376 g/mol. The number of ether oxygens (including phenoxy) is 1. The van der Waals surface area contributed by atoms with E-state index in [9.17, 15) is 9.59 Å². The highest BCUT2D eigenvalue weighted by atomic mass is 16.5. The molecule has 28 heavy (non-hydrogen) atoms. The molecule has 2 unspecified atom stereocenters. The number of carbonyl (C=O) groups excluding carboxylic acids is 2. The summed E-state index contributed by atoms with van der Waals surface area (Å²) in [6.07, 6.45) is 5.04. The van der Waals surface area contributed by atoms with E-state index in [0.29, 0.717) is 6.42 Å². The van der Waals surface area contributed by atoms with Crippen molar-refractivity contribution in [2.45, 2.75) is 37.6 Å². The molecular formula is C23H24N2O3. The Morgan fingerprint density at radius 3 is 2.82 bits per heavy atom. The highest BCUT2D eigenvalue weighted by Crippen LogP contribution is 2.31. The highest BCUT2D eigenvalue weighted by Gasteiger charge is 2.30. The lowest BCUT2D eigenvalue weighted by Gasteiger charge is -2.26. The van der Waals surface area contributed by atoms with Crippen molar-refractivity contribution in [2.24, 2.45) is 0 Å². The summed E-state index contributed by atoms with van der Waals surface area (Å²) in [4.78, 5) is 28.7. The zero-order chi connectivity index (χ0) is 19.5. The molecule has 2 atom stereocenters. The van der Waals surface area contributed by atoms with Gasteiger partial charge in [-0.1, -0.05) is 42.5 Å². The fourth-order valence-corrected chi connectivity index (χ4v) is 4.15. The molecule has 5 nitrogen and oxygen atoms in total. The number of hydrogen-bond acceptors (Lipinski definition) is 3. The summed E-state index contributed by atoms with van der Waals surface area (Å²) >= 11 is 0. The third-order valence-electron chi connectivity index (χ3n) is 5.59. The number of amides is 1. The van der Waals surface area contributed by atoms with Gasteiger partial charge in [-0.15, -0.1) is 0 Å². The van der Waals surface area contributed by atoms with Gasteiger partial charge in [0.1, 0.15) is 6.04 Å². The summed E-state index contributed by atoms with van der Waals surface area (Å²) in [5.41, 5.74) is 4.28. The fourth-order valence-electron chi connectivity index (χ4n) is 4.15. The SMILES string of the molecule is COC(=O)C(Cc1c[nH]c2ccccc12)NC(=O)C1CCCc2ccccc21. The number of H-pyrrole nitrogens is 1. The van der Waals surface area contributed by atoms with Crippen LogP contribution in [0.5, 0.6) is 0 Å². The molecule has 4 rings (SSSR count). The second kappa shape index (κ2) is 7.89. The third kappa shape index (κ3) is 3.52. The molecule has 0 saturated heterocycles. The lowest BCUT2D eigenvalue weighted by Crippen LogP contribution is -2.45. The van der Waals surface area contributed by atoms with Gasteiger partial charge in [0.05, 0.1) is 13.0 Å². The number of methoxy groups -OCH3 is 1. The van der Waals surface area contributed by atoms with Gasteiger partial charge in [-0.05, 0) is 42.0 Å². The Labute approximate surface area is 164 Å². The minimum absolute atomic E-state index is 0.109. The van der Waals surface area contributed by atoms with E-state index in [1.165, 1.54) is 12.7 Å². The molecule has 2 aromatic carbocycles. The number of benzene rings is 2. The van der Waals surface area contributed by atoms with Crippen LogP contribution in [0.2, 0.25) is 0 Å². The number of aryl methyl sites for hydroxylation is 1. The molecule has 0 spiro atoms. The van der Waals surface area contributed by atoms with Crippen molar-refractivity contribution in [3.63, 3.8) is 0 Å². The van der Waals surface area contributed by atoms with Crippen LogP contribution in [0.1, 0.15) is 35.4 Å². The smallest absolute Gasteiger partial charge is 0.328 e. The molecule has 144 valence electrons. The second-order valence-corrected chi connectivity index (χ2v) is 7.29. The average molecular weight is 376 g/mol. The van der Waals surface area contributed by atoms with Gasteiger partial charge < -0.3 is 15.0 Å². The van der Waals surface area contributed by atoms with Gasteiger partial charge in [0.25, 0.3) is 0 Å². The average Bonchev–Trinajstić information content (AvgIpc) is 3.15. The first-order valence-corrected chi connectivity index (χ1v) is 9.68. The molecule has 0 fully saturated rings. The van der Waals surface area contributed by atoms with Crippen LogP contribution in [-0.4, -0.2) is 30.0 Å². The van der Waals surface area contributed by atoms with Gasteiger partial charge in [0.15, 0.2) is 0 Å². The number of carbonyl (C=O) groups is 2. The van der Waals surface area contributed by atoms with E-state index in [0.717, 1.165) is 41.3 Å². The summed E-state index contributed by atoms with van der Waals surface area (Å²) < 4.78 is 4.97. The summed E-state index contributed by atoms with van der Waals surface area (Å²) in [5, 5.41) is 4.00. The normalized spacial score (nSPS) is 17.0. The molecular weight excluding hydrogens is 352 g/mol. The van der Waals surface area contributed by atoms with Crippen LogP contribution in [0, 0.1) is 0 Å². The van der Waals surface area contributed by atoms with E-state index in [1.807, 2.05) is 48.7 Å². The van der Waals surface area contributed by atoms with Gasteiger partial charge in [-0.2, -0.15) is 0 Å². The van der Waals surface area contributed by atoms with E-state index in [1.54, 1.807) is 0 Å². The van der Waals surface area contributed by atoms with E-state index in [4.69, 9.17) is 4.74 Å². The predicted octanol–water partition coefficient (Wildman–Crippen LogP) is 3.49. The van der Waals surface area contributed by atoms with E-state index < -0.39 is 12.0 Å². The standard InChI is InChI=1S/C23H24N2O3/c1-28-23(27)21(13-16-14-24-20-12-5-4-10-18(16)20)25-22(26)19-11-6-8-15-7-2-3-9-17(15)19/h2-5,7,9-10,12,14,19,21,24H,6,8,11,13H2,1H3,(H,25,26). The van der Waals surface area contributed by atoms with Crippen molar-refractivity contribution in [3.8, 4) is 0 Å². The van der Waals surface area contributed by atoms with Crippen molar-refractivity contribution in [3.05, 3.63) is 71.4 Å². The molecule has 0 aliphatic heterocycles. The van der Waals surface area contributed by atoms with Crippen molar-refractivity contribution >= 4 is 22.8 Å². The van der Waals surface area contributed by atoms with Crippen LogP contribution in [0.25, 0.3) is 10.9 Å². The number of aromatic amines is 1. The molecule has 0 bridgehead atoms. The Kier molecular flexibility index (Phi) is 5.15. The quantitative estimate of drug-likeness (QED) is 0.670. The number of para-hydroxylation sites is 1. The minimum Gasteiger partial charge on any atom is -0.467 e. The molecule has 5 heteroatoms.